The Balaban J connectivity index is 2.14. The van der Waals surface area contributed by atoms with Gasteiger partial charge in [0.2, 0.25) is 0 Å². The Morgan fingerprint density at radius 1 is 1.00 bits per heavy atom. The van der Waals surface area contributed by atoms with Crippen LogP contribution in [-0.4, -0.2) is 23.4 Å². The predicted molar refractivity (Wildman–Crippen MR) is 122 cm³/mol. The maximum Gasteiger partial charge on any atom is 0.313 e. The lowest BCUT2D eigenvalue weighted by Gasteiger charge is -2.29. The molecule has 3 nitrogen and oxygen atoms in total. The Morgan fingerprint density at radius 2 is 1.52 bits per heavy atom. The van der Waals surface area contributed by atoms with Gasteiger partial charge in [0.15, 0.2) is 0 Å². The summed E-state index contributed by atoms with van der Waals surface area (Å²) in [4.78, 5) is 13.8. The number of carbonyl (C=O) groups is 1. The summed E-state index contributed by atoms with van der Waals surface area (Å²) in [6, 6.07) is 14.0. The molecule has 0 bridgehead atoms. The second-order valence-corrected chi connectivity index (χ2v) is 10.7. The highest BCUT2D eigenvalue weighted by atomic mass is 32.2. The third kappa shape index (κ3) is 6.27. The third-order valence-electron chi connectivity index (χ3n) is 4.94. The van der Waals surface area contributed by atoms with Crippen LogP contribution < -0.4 is 0 Å². The fourth-order valence-corrected chi connectivity index (χ4v) is 3.88. The van der Waals surface area contributed by atoms with Gasteiger partial charge in [-0.3, -0.25) is 4.79 Å². The van der Waals surface area contributed by atoms with Crippen molar-refractivity contribution in [3.63, 3.8) is 0 Å². The van der Waals surface area contributed by atoms with Crippen LogP contribution in [0.25, 0.3) is 0 Å². The standard InChI is InChI=1S/C25H34O3S/c1-17(23(27)28-13-14-29-19-11-9-8-10-12-19)18-15-20(24(2,3)4)22(26)21(16-18)25(5,6)7/h8-12,15-17,26H,13-14H2,1-7H3. The van der Waals surface area contributed by atoms with E-state index in [2.05, 4.69) is 41.5 Å². The van der Waals surface area contributed by atoms with Gasteiger partial charge in [-0.05, 0) is 46.6 Å². The molecule has 1 atom stereocenters. The van der Waals surface area contributed by atoms with Crippen LogP contribution in [0, 0.1) is 0 Å². The third-order valence-corrected chi connectivity index (χ3v) is 5.92. The fourth-order valence-electron chi connectivity index (χ4n) is 3.13. The molecular formula is C25H34O3S. The Kier molecular flexibility index (Phi) is 7.45. The predicted octanol–water partition coefficient (Wildman–Crippen LogP) is 6.43. The first-order chi connectivity index (χ1) is 13.4. The van der Waals surface area contributed by atoms with Crippen molar-refractivity contribution in [1.29, 1.82) is 0 Å². The lowest BCUT2D eigenvalue weighted by atomic mass is 9.77. The molecule has 0 fully saturated rings. The van der Waals surface area contributed by atoms with E-state index in [-0.39, 0.29) is 22.7 Å². The van der Waals surface area contributed by atoms with E-state index in [1.165, 1.54) is 4.90 Å². The summed E-state index contributed by atoms with van der Waals surface area (Å²) in [5.41, 5.74) is 2.16. The molecular weight excluding hydrogens is 380 g/mol. The first-order valence-electron chi connectivity index (χ1n) is 10.1. The Hall–Kier alpha value is -1.94. The number of rotatable bonds is 6. The lowest BCUT2D eigenvalue weighted by Crippen LogP contribution is -2.20. The number of hydrogen-bond acceptors (Lipinski definition) is 4. The first kappa shape index (κ1) is 23.3. The zero-order chi connectivity index (χ0) is 21.8. The van der Waals surface area contributed by atoms with Crippen molar-refractivity contribution in [3.8, 4) is 5.75 Å². The molecule has 1 unspecified atom stereocenters. The first-order valence-corrected chi connectivity index (χ1v) is 11.1. The summed E-state index contributed by atoms with van der Waals surface area (Å²) in [5.74, 6) is 0.426. The minimum Gasteiger partial charge on any atom is -0.507 e. The van der Waals surface area contributed by atoms with E-state index < -0.39 is 0 Å². The molecule has 0 saturated carbocycles. The Morgan fingerprint density at radius 3 is 2.00 bits per heavy atom. The smallest absolute Gasteiger partial charge is 0.313 e. The molecule has 0 spiro atoms. The number of benzene rings is 2. The summed E-state index contributed by atoms with van der Waals surface area (Å²) in [7, 11) is 0. The molecule has 0 saturated heterocycles. The number of carbonyl (C=O) groups excluding carboxylic acids is 1. The number of hydrogen-bond donors (Lipinski definition) is 1. The minimum absolute atomic E-state index is 0.226. The molecule has 0 radical (unpaired) electrons. The van der Waals surface area contributed by atoms with Crippen LogP contribution in [0.3, 0.4) is 0 Å². The van der Waals surface area contributed by atoms with E-state index in [1.807, 2.05) is 49.4 Å². The average molecular weight is 415 g/mol. The number of phenolic OH excluding ortho intramolecular Hbond substituents is 1. The van der Waals surface area contributed by atoms with Crippen molar-refractivity contribution in [2.45, 2.75) is 70.1 Å². The van der Waals surface area contributed by atoms with Crippen LogP contribution in [0.1, 0.15) is 71.1 Å². The van der Waals surface area contributed by atoms with Crippen molar-refractivity contribution in [3.05, 3.63) is 59.2 Å². The van der Waals surface area contributed by atoms with Gasteiger partial charge in [0.1, 0.15) is 12.4 Å². The summed E-state index contributed by atoms with van der Waals surface area (Å²) >= 11 is 1.67. The topological polar surface area (TPSA) is 46.5 Å². The zero-order valence-electron chi connectivity index (χ0n) is 18.7. The summed E-state index contributed by atoms with van der Waals surface area (Å²) in [6.07, 6.45) is 0. The van der Waals surface area contributed by atoms with Crippen LogP contribution >= 0.6 is 11.8 Å². The second-order valence-electron chi connectivity index (χ2n) is 9.52. The average Bonchev–Trinajstić information content (AvgIpc) is 2.63. The van der Waals surface area contributed by atoms with Gasteiger partial charge in [0, 0.05) is 10.6 Å². The van der Waals surface area contributed by atoms with E-state index in [4.69, 9.17) is 4.74 Å². The van der Waals surface area contributed by atoms with Crippen LogP contribution in [0.5, 0.6) is 5.75 Å². The maximum atomic E-state index is 12.7. The van der Waals surface area contributed by atoms with Crippen molar-refractivity contribution in [2.75, 3.05) is 12.4 Å². The van der Waals surface area contributed by atoms with Crippen LogP contribution in [0.2, 0.25) is 0 Å². The van der Waals surface area contributed by atoms with E-state index in [1.54, 1.807) is 11.8 Å². The minimum atomic E-state index is -0.389. The van der Waals surface area contributed by atoms with Crippen LogP contribution in [0.15, 0.2) is 47.4 Å². The number of esters is 1. The van der Waals surface area contributed by atoms with Gasteiger partial charge in [-0.1, -0.05) is 71.9 Å². The molecule has 0 heterocycles. The van der Waals surface area contributed by atoms with Crippen molar-refractivity contribution < 1.29 is 14.6 Å². The second kappa shape index (κ2) is 9.25. The Labute approximate surface area is 179 Å². The highest BCUT2D eigenvalue weighted by Crippen LogP contribution is 2.41. The van der Waals surface area contributed by atoms with E-state index >= 15 is 0 Å². The zero-order valence-corrected chi connectivity index (χ0v) is 19.5. The summed E-state index contributed by atoms with van der Waals surface area (Å²) < 4.78 is 5.54. The van der Waals surface area contributed by atoms with E-state index in [9.17, 15) is 9.90 Å². The highest BCUT2D eigenvalue weighted by molar-refractivity contribution is 7.99. The van der Waals surface area contributed by atoms with Crippen molar-refractivity contribution >= 4 is 17.7 Å². The molecule has 2 aromatic carbocycles. The molecule has 0 aromatic heterocycles. The maximum absolute atomic E-state index is 12.7. The van der Waals surface area contributed by atoms with Gasteiger partial charge in [-0.2, -0.15) is 0 Å². The molecule has 29 heavy (non-hydrogen) atoms. The van der Waals surface area contributed by atoms with Crippen molar-refractivity contribution in [2.24, 2.45) is 0 Å². The molecule has 0 amide bonds. The molecule has 4 heteroatoms. The molecule has 0 aliphatic heterocycles. The number of thioether (sulfide) groups is 1. The van der Waals surface area contributed by atoms with Crippen molar-refractivity contribution in [1.82, 2.24) is 0 Å². The van der Waals surface area contributed by atoms with Gasteiger partial charge in [-0.25, -0.2) is 0 Å². The number of phenols is 1. The molecule has 1 N–H and O–H groups in total. The normalized spacial score (nSPS) is 13.2. The van der Waals surface area contributed by atoms with Gasteiger partial charge >= 0.3 is 5.97 Å². The molecule has 2 aromatic rings. The van der Waals surface area contributed by atoms with Gasteiger partial charge in [0.05, 0.1) is 5.92 Å². The SMILES string of the molecule is CC(C(=O)OCCSc1ccccc1)c1cc(C(C)(C)C)c(O)c(C(C)(C)C)c1. The van der Waals surface area contributed by atoms with Gasteiger partial charge < -0.3 is 9.84 Å². The number of aromatic hydroxyl groups is 1. The molecule has 0 aliphatic rings. The highest BCUT2D eigenvalue weighted by Gasteiger charge is 2.29. The number of ether oxygens (including phenoxy) is 1. The molecule has 0 aliphatic carbocycles. The fraction of sp³-hybridized carbons (Fsp3) is 0.480. The van der Waals surface area contributed by atoms with E-state index in [0.29, 0.717) is 12.4 Å². The monoisotopic (exact) mass is 414 g/mol. The van der Waals surface area contributed by atoms with Gasteiger partial charge in [0.25, 0.3) is 0 Å². The Bertz CT molecular complexity index is 794. The summed E-state index contributed by atoms with van der Waals surface area (Å²) in [6.45, 7) is 14.7. The van der Waals surface area contributed by atoms with E-state index in [0.717, 1.165) is 22.4 Å². The summed E-state index contributed by atoms with van der Waals surface area (Å²) in [5, 5.41) is 10.9. The van der Waals surface area contributed by atoms with Gasteiger partial charge in [-0.15, -0.1) is 11.8 Å². The molecule has 158 valence electrons. The molecule has 2 rings (SSSR count). The largest absolute Gasteiger partial charge is 0.507 e. The lowest BCUT2D eigenvalue weighted by molar-refractivity contribution is -0.144. The quantitative estimate of drug-likeness (QED) is 0.336. The van der Waals surface area contributed by atoms with Crippen LogP contribution in [-0.2, 0) is 20.4 Å². The van der Waals surface area contributed by atoms with Crippen LogP contribution in [0.4, 0.5) is 0 Å².